The van der Waals surface area contributed by atoms with Crippen molar-refractivity contribution in [1.82, 2.24) is 10.6 Å². The Morgan fingerprint density at radius 3 is 2.23 bits per heavy atom. The molecule has 2 atom stereocenters. The van der Waals surface area contributed by atoms with Gasteiger partial charge in [0.25, 0.3) is 0 Å². The molecule has 31 heavy (non-hydrogen) atoms. The average molecular weight is 429 g/mol. The van der Waals surface area contributed by atoms with Crippen molar-refractivity contribution in [2.45, 2.75) is 45.4 Å². The minimum absolute atomic E-state index is 0.0554. The molecule has 7 nitrogen and oxygen atoms in total. The fourth-order valence-corrected chi connectivity index (χ4v) is 2.99. The summed E-state index contributed by atoms with van der Waals surface area (Å²) in [5.41, 5.74) is 6.47. The predicted octanol–water partition coefficient (Wildman–Crippen LogP) is 2.68. The summed E-state index contributed by atoms with van der Waals surface area (Å²) < 4.78 is 19.1. The lowest BCUT2D eigenvalue weighted by Crippen LogP contribution is -2.54. The number of amides is 3. The Hall–Kier alpha value is -3.42. The van der Waals surface area contributed by atoms with Crippen LogP contribution in [0, 0.1) is 11.7 Å². The fourth-order valence-electron chi connectivity index (χ4n) is 2.99. The van der Waals surface area contributed by atoms with Gasteiger partial charge >= 0.3 is 6.09 Å². The lowest BCUT2D eigenvalue weighted by molar-refractivity contribution is -0.128. The highest BCUT2D eigenvalue weighted by Gasteiger charge is 2.27. The van der Waals surface area contributed by atoms with Crippen LogP contribution in [0.25, 0.3) is 0 Å². The molecular formula is C23H28FN3O4. The van der Waals surface area contributed by atoms with Crippen LogP contribution in [-0.2, 0) is 27.4 Å². The highest BCUT2D eigenvalue weighted by Crippen LogP contribution is 2.11. The number of hydrogen-bond donors (Lipinski definition) is 3. The molecule has 0 bridgehead atoms. The van der Waals surface area contributed by atoms with Gasteiger partial charge in [-0.15, -0.1) is 0 Å². The van der Waals surface area contributed by atoms with E-state index in [0.29, 0.717) is 6.42 Å². The minimum atomic E-state index is -1.12. The number of rotatable bonds is 10. The molecule has 0 radical (unpaired) electrons. The first-order valence-corrected chi connectivity index (χ1v) is 10.1. The second-order valence-electron chi connectivity index (χ2n) is 7.65. The lowest BCUT2D eigenvalue weighted by Gasteiger charge is -2.23. The van der Waals surface area contributed by atoms with Crippen LogP contribution in [0.4, 0.5) is 9.18 Å². The van der Waals surface area contributed by atoms with Gasteiger partial charge in [0.2, 0.25) is 11.8 Å². The van der Waals surface area contributed by atoms with E-state index in [2.05, 4.69) is 10.6 Å². The summed E-state index contributed by atoms with van der Waals surface area (Å²) >= 11 is 0. The summed E-state index contributed by atoms with van der Waals surface area (Å²) in [6.07, 6.45) is -0.535. The molecule has 3 amide bonds. The third kappa shape index (κ3) is 8.08. The molecule has 0 heterocycles. The Kier molecular flexibility index (Phi) is 8.99. The third-order valence-electron chi connectivity index (χ3n) is 4.57. The second kappa shape index (κ2) is 11.7. The van der Waals surface area contributed by atoms with Crippen molar-refractivity contribution in [2.24, 2.45) is 11.7 Å². The summed E-state index contributed by atoms with van der Waals surface area (Å²) in [6.45, 7) is 3.84. The van der Waals surface area contributed by atoms with Crippen molar-refractivity contribution in [3.63, 3.8) is 0 Å². The summed E-state index contributed by atoms with van der Waals surface area (Å²) in [5, 5.41) is 5.06. The van der Waals surface area contributed by atoms with Gasteiger partial charge in [-0.1, -0.05) is 62.4 Å². The third-order valence-corrected chi connectivity index (χ3v) is 4.57. The van der Waals surface area contributed by atoms with Gasteiger partial charge in [0.1, 0.15) is 24.5 Å². The predicted molar refractivity (Wildman–Crippen MR) is 114 cm³/mol. The average Bonchev–Trinajstić information content (AvgIpc) is 2.73. The topological polar surface area (TPSA) is 111 Å². The van der Waals surface area contributed by atoms with Crippen LogP contribution >= 0.6 is 0 Å². The monoisotopic (exact) mass is 429 g/mol. The van der Waals surface area contributed by atoms with Crippen molar-refractivity contribution >= 4 is 17.9 Å². The van der Waals surface area contributed by atoms with Crippen molar-refractivity contribution in [1.29, 1.82) is 0 Å². The van der Waals surface area contributed by atoms with Crippen LogP contribution in [0.1, 0.15) is 31.4 Å². The normalized spacial score (nSPS) is 12.6. The molecule has 0 aromatic heterocycles. The smallest absolute Gasteiger partial charge is 0.408 e. The van der Waals surface area contributed by atoms with Gasteiger partial charge in [0.05, 0.1) is 0 Å². The van der Waals surface area contributed by atoms with E-state index in [1.165, 1.54) is 18.2 Å². The van der Waals surface area contributed by atoms with Gasteiger partial charge in [0.15, 0.2) is 0 Å². The molecular weight excluding hydrogens is 401 g/mol. The molecule has 0 fully saturated rings. The number of primary amides is 1. The number of alkyl carbamates (subject to hydrolysis) is 1. The maximum atomic E-state index is 13.9. The Morgan fingerprint density at radius 2 is 1.61 bits per heavy atom. The zero-order chi connectivity index (χ0) is 22.8. The van der Waals surface area contributed by atoms with E-state index >= 15 is 0 Å². The van der Waals surface area contributed by atoms with Gasteiger partial charge in [-0.05, 0) is 29.5 Å². The van der Waals surface area contributed by atoms with Gasteiger partial charge in [-0.25, -0.2) is 9.18 Å². The van der Waals surface area contributed by atoms with Gasteiger partial charge in [-0.3, -0.25) is 9.59 Å². The molecule has 0 saturated carbocycles. The fraction of sp³-hybridized carbons (Fsp3) is 0.348. The molecule has 0 aliphatic carbocycles. The molecule has 166 valence electrons. The van der Waals surface area contributed by atoms with Crippen LogP contribution in [0.3, 0.4) is 0 Å². The van der Waals surface area contributed by atoms with Crippen LogP contribution in [0.15, 0.2) is 54.6 Å². The molecule has 0 unspecified atom stereocenters. The Labute approximate surface area is 181 Å². The van der Waals surface area contributed by atoms with E-state index in [0.717, 1.165) is 5.56 Å². The van der Waals surface area contributed by atoms with Crippen molar-refractivity contribution in [3.05, 3.63) is 71.5 Å². The standard InChI is InChI=1S/C23H28FN3O4/c1-15(2)12-20(27-23(30)31-14-16-8-4-3-5-9-16)22(29)26-19(21(25)28)13-17-10-6-7-11-18(17)24/h3-11,15,19-20H,12-14H2,1-2H3,(H2,25,28)(H,26,29)(H,27,30)/t19-,20+/m1/s1. The second-order valence-corrected chi connectivity index (χ2v) is 7.65. The largest absolute Gasteiger partial charge is 0.445 e. The molecule has 2 aromatic rings. The Bertz CT molecular complexity index is 889. The molecule has 8 heteroatoms. The van der Waals surface area contributed by atoms with Crippen molar-refractivity contribution in [2.75, 3.05) is 0 Å². The first-order valence-electron chi connectivity index (χ1n) is 10.1. The Morgan fingerprint density at radius 1 is 0.968 bits per heavy atom. The molecule has 0 spiro atoms. The van der Waals surface area contributed by atoms with Crippen molar-refractivity contribution in [3.8, 4) is 0 Å². The summed E-state index contributed by atoms with van der Waals surface area (Å²) in [5.74, 6) is -1.81. The number of ether oxygens (including phenoxy) is 1. The number of nitrogens with one attached hydrogen (secondary N) is 2. The van der Waals surface area contributed by atoms with Crippen LogP contribution < -0.4 is 16.4 Å². The molecule has 0 saturated heterocycles. The molecule has 0 aliphatic rings. The molecule has 2 aromatic carbocycles. The van der Waals surface area contributed by atoms with Gasteiger partial charge < -0.3 is 21.1 Å². The first kappa shape index (κ1) is 23.9. The number of carbonyl (C=O) groups excluding carboxylic acids is 3. The zero-order valence-electron chi connectivity index (χ0n) is 17.6. The van der Waals surface area contributed by atoms with Crippen molar-refractivity contribution < 1.29 is 23.5 Å². The quantitative estimate of drug-likeness (QED) is 0.539. The SMILES string of the molecule is CC(C)C[C@H](NC(=O)OCc1ccccc1)C(=O)N[C@H](Cc1ccccc1F)C(N)=O. The highest BCUT2D eigenvalue weighted by molar-refractivity contribution is 5.90. The molecule has 4 N–H and O–H groups in total. The van der Waals surface area contributed by atoms with E-state index in [1.54, 1.807) is 6.07 Å². The van der Waals surface area contributed by atoms with Gasteiger partial charge in [0, 0.05) is 6.42 Å². The number of benzene rings is 2. The van der Waals surface area contributed by atoms with E-state index in [-0.39, 0.29) is 24.5 Å². The van der Waals surface area contributed by atoms with E-state index in [1.807, 2.05) is 44.2 Å². The number of hydrogen-bond acceptors (Lipinski definition) is 4. The maximum absolute atomic E-state index is 13.9. The van der Waals surface area contributed by atoms with Crippen LogP contribution in [0.5, 0.6) is 0 Å². The Balaban J connectivity index is 2.01. The van der Waals surface area contributed by atoms with Gasteiger partial charge in [-0.2, -0.15) is 0 Å². The van der Waals surface area contributed by atoms with Crippen LogP contribution in [0.2, 0.25) is 0 Å². The molecule has 2 rings (SSSR count). The van der Waals surface area contributed by atoms with E-state index in [4.69, 9.17) is 10.5 Å². The highest BCUT2D eigenvalue weighted by atomic mass is 19.1. The van der Waals surface area contributed by atoms with Crippen LogP contribution in [-0.4, -0.2) is 30.0 Å². The number of nitrogens with two attached hydrogens (primary N) is 1. The number of carbonyl (C=O) groups is 3. The zero-order valence-corrected chi connectivity index (χ0v) is 17.6. The minimum Gasteiger partial charge on any atom is -0.445 e. The van der Waals surface area contributed by atoms with E-state index < -0.39 is 35.8 Å². The summed E-state index contributed by atoms with van der Waals surface area (Å²) in [6, 6.07) is 13.0. The lowest BCUT2D eigenvalue weighted by atomic mass is 10.0. The van der Waals surface area contributed by atoms with E-state index in [9.17, 15) is 18.8 Å². The maximum Gasteiger partial charge on any atom is 0.408 e. The number of halogens is 1. The first-order chi connectivity index (χ1) is 14.8. The molecule has 0 aliphatic heterocycles. The summed E-state index contributed by atoms with van der Waals surface area (Å²) in [4.78, 5) is 36.9. The summed E-state index contributed by atoms with van der Waals surface area (Å²) in [7, 11) is 0.